The van der Waals surface area contributed by atoms with Crippen LogP contribution in [0.3, 0.4) is 0 Å². The Morgan fingerprint density at radius 2 is 1.20 bits per heavy atom. The van der Waals surface area contributed by atoms with Gasteiger partial charge in [-0.3, -0.25) is 38.8 Å². The fraction of sp³-hybridized carbons (Fsp3) is 0.515. The maximum absolute atomic E-state index is 13.7. The fourth-order valence-electron chi connectivity index (χ4n) is 13.0. The van der Waals surface area contributed by atoms with Crippen molar-refractivity contribution < 1.29 is 37.1 Å². The Bertz CT molecular complexity index is 3380. The Morgan fingerprint density at radius 1 is 0.678 bits per heavy atom. The highest BCUT2D eigenvalue weighted by molar-refractivity contribution is 5.97. The van der Waals surface area contributed by atoms with Crippen LogP contribution in [-0.2, 0) is 60.6 Å². The molecule has 0 aliphatic carbocycles. The van der Waals surface area contributed by atoms with Crippen LogP contribution < -0.4 is 42.4 Å². The number of carbonyl (C=O) groups excluding carboxylic acids is 3. The summed E-state index contributed by atoms with van der Waals surface area (Å²) in [5.74, 6) is -0.768. The van der Waals surface area contributed by atoms with Crippen LogP contribution in [0.1, 0.15) is 93.2 Å². The highest BCUT2D eigenvalue weighted by atomic mass is 19.2. The molecule has 0 saturated carbocycles. The monoisotopic (exact) mass is 1240 g/mol. The second kappa shape index (κ2) is 30.5. The molecule has 0 radical (unpaired) electrons. The summed E-state index contributed by atoms with van der Waals surface area (Å²) in [6.07, 6.45) is 0.657. The molecule has 2 amide bonds. The first-order valence-corrected chi connectivity index (χ1v) is 31.7. The lowest BCUT2D eigenvalue weighted by atomic mass is 9.91. The summed E-state index contributed by atoms with van der Waals surface area (Å²) >= 11 is 0. The van der Waals surface area contributed by atoms with Crippen LogP contribution in [0.2, 0.25) is 0 Å². The van der Waals surface area contributed by atoms with Crippen LogP contribution in [0.25, 0.3) is 0 Å². The lowest BCUT2D eigenvalue weighted by Crippen LogP contribution is -2.61. The number of pyridine rings is 2. The fourth-order valence-corrected chi connectivity index (χ4v) is 13.0. The number of aromatic nitrogens is 2. The number of ether oxygens (including phenoxy) is 2. The van der Waals surface area contributed by atoms with Gasteiger partial charge in [0.15, 0.2) is 0 Å². The number of hydrogen-bond acceptors (Lipinski definition) is 15. The van der Waals surface area contributed by atoms with Crippen molar-refractivity contribution in [2.24, 2.45) is 0 Å². The third-order valence-corrected chi connectivity index (χ3v) is 17.9. The number of carbonyl (C=O) groups is 3. The molecule has 11 rings (SSSR count). The van der Waals surface area contributed by atoms with Crippen LogP contribution in [0.15, 0.2) is 107 Å². The van der Waals surface area contributed by atoms with Crippen LogP contribution in [0, 0.1) is 11.6 Å². The summed E-state index contributed by atoms with van der Waals surface area (Å²) < 4.78 is 50.6. The Hall–Kier alpha value is -6.86. The number of amides is 2. The molecule has 0 spiro atoms. The van der Waals surface area contributed by atoms with Crippen molar-refractivity contribution in [1.29, 1.82) is 0 Å². The van der Waals surface area contributed by atoms with Crippen LogP contribution >= 0.6 is 0 Å². The molecule has 6 aliphatic heterocycles. The number of nitrogens with zero attached hydrogens (tertiary/aromatic N) is 6. The van der Waals surface area contributed by atoms with E-state index in [1.54, 1.807) is 34.7 Å². The van der Waals surface area contributed by atoms with Gasteiger partial charge in [0.2, 0.25) is 5.91 Å². The highest BCUT2D eigenvalue weighted by Gasteiger charge is 2.42. The maximum atomic E-state index is 13.7. The molecule has 22 heteroatoms. The Morgan fingerprint density at radius 3 is 1.78 bits per heavy atom. The first kappa shape index (κ1) is 67.5. The predicted octanol–water partition coefficient (Wildman–Crippen LogP) is 5.30. The molecule has 19 nitrogen and oxygen atoms in total. The molecule has 8 heterocycles. The van der Waals surface area contributed by atoms with Gasteiger partial charge in [-0.2, -0.15) is 5.54 Å². The lowest BCUT2D eigenvalue weighted by Gasteiger charge is -2.44. The van der Waals surface area contributed by atoms with Crippen LogP contribution in [0.5, 0.6) is 0 Å². The molecule has 5 atom stereocenters. The number of fused-ring (bicyclic) bond motifs is 2. The predicted molar refractivity (Wildman–Crippen MR) is 344 cm³/mol. The SMILES string of the molecule is C=C(CN1C[C@@H](C)NC[C@@H]1CN1CCO[C@H](C(=O)NCc2ccc(CNF)cc2)C1)N1CC(C)(C)c2[nH]c(=O)c(Cc3ccc(F)cc3)cc21.CC.CC1(C)CN(C(=O)CN2CCNC[C@@H]2CN2CCO[C@H](C=O)C2)c2cc(Cc3ccc(F)cc3)c(=O)[nH]c21. The molecule has 6 N–H and O–H groups in total. The number of benzene rings is 3. The van der Waals surface area contributed by atoms with E-state index in [0.717, 1.165) is 116 Å². The first-order chi connectivity index (χ1) is 43.2. The molecule has 0 bridgehead atoms. The van der Waals surface area contributed by atoms with E-state index in [9.17, 15) is 37.2 Å². The van der Waals surface area contributed by atoms with E-state index in [4.69, 9.17) is 9.47 Å². The van der Waals surface area contributed by atoms with Crippen LogP contribution in [-0.4, -0.2) is 189 Å². The normalized spacial score (nSPS) is 22.5. The number of rotatable bonds is 19. The van der Waals surface area contributed by atoms with Gasteiger partial charge in [0.05, 0.1) is 37.7 Å². The molecule has 4 fully saturated rings. The molecule has 6 aliphatic rings. The zero-order chi connectivity index (χ0) is 64.3. The van der Waals surface area contributed by atoms with Gasteiger partial charge < -0.3 is 50.0 Å². The zero-order valence-corrected chi connectivity index (χ0v) is 53.3. The molecule has 486 valence electrons. The Balaban J connectivity index is 0.000000215. The summed E-state index contributed by atoms with van der Waals surface area (Å²) in [5, 5.41) is 10.1. The summed E-state index contributed by atoms with van der Waals surface area (Å²) in [4.78, 5) is 83.6. The molecular weight excluding hydrogens is 1150 g/mol. The molecule has 0 unspecified atom stereocenters. The Kier molecular flexibility index (Phi) is 22.9. The van der Waals surface area contributed by atoms with Crippen LogP contribution in [0.4, 0.5) is 24.6 Å². The van der Waals surface area contributed by atoms with Gasteiger partial charge in [-0.15, -0.1) is 4.48 Å². The molecule has 2 aromatic heterocycles. The largest absolute Gasteiger partial charge is 0.368 e. The minimum absolute atomic E-state index is 0.00347. The standard InChI is InChI=1S/C38H49F2N7O3.C28H36FN5O4.C2H6/c1-25-20-46(21-26(2)47-24-38(3,4)35-33(47)16-30(36(48)44-35)15-27-9-11-31(39)12-10-27)32(19-41-25)22-45-13-14-50-34(23-45)37(49)42-17-28-5-7-29(8-6-28)18-43-40;1-28(2)18-34(24-12-20(27(37)31-26(24)28)11-19-3-5-21(29)6-4-19)25(36)16-33-8-7-30-13-22(33)14-32-9-10-38-23(15-32)17-35;1-2/h5-12,16,25,32,34,41,43H,2,13-15,17-24H2,1,3-4H3,(H,42,49)(H,44,48);3-6,12,17,22-23,30H,7-11,13-16,18H2,1-2H3,(H,31,37);1-2H3/t25-,32-,34+;22-,23+;/m11./s1. The molecular formula is C68H91F3N12O7. The third kappa shape index (κ3) is 17.0. The van der Waals surface area contributed by atoms with E-state index < -0.39 is 12.2 Å². The quantitative estimate of drug-likeness (QED) is 0.0459. The average molecular weight is 1250 g/mol. The smallest absolute Gasteiger partial charge is 0.251 e. The van der Waals surface area contributed by atoms with Gasteiger partial charge in [-0.1, -0.05) is 96.7 Å². The topological polar surface area (TPSA) is 203 Å². The second-order valence-electron chi connectivity index (χ2n) is 25.8. The number of halogens is 3. The van der Waals surface area contributed by atoms with E-state index in [1.165, 1.54) is 24.3 Å². The summed E-state index contributed by atoms with van der Waals surface area (Å²) in [5.41, 5.74) is 9.67. The summed E-state index contributed by atoms with van der Waals surface area (Å²) in [6.45, 7) is 30.8. The maximum Gasteiger partial charge on any atom is 0.251 e. The minimum Gasteiger partial charge on any atom is -0.368 e. The number of morpholine rings is 2. The van der Waals surface area contributed by atoms with Crippen molar-refractivity contribution in [1.82, 2.24) is 51.1 Å². The number of H-pyrrole nitrogens is 2. The lowest BCUT2D eigenvalue weighted by molar-refractivity contribution is -0.139. The zero-order valence-electron chi connectivity index (χ0n) is 53.3. The van der Waals surface area contributed by atoms with Gasteiger partial charge in [0, 0.05) is 168 Å². The number of aromatic amines is 2. The van der Waals surface area contributed by atoms with Crippen molar-refractivity contribution in [3.05, 3.63) is 174 Å². The van der Waals surface area contributed by atoms with Crippen molar-refractivity contribution in [2.75, 3.05) is 121 Å². The van der Waals surface area contributed by atoms with Gasteiger partial charge in [0.25, 0.3) is 17.0 Å². The van der Waals surface area contributed by atoms with E-state index in [2.05, 4.69) is 77.8 Å². The number of nitrogens with one attached hydrogen (secondary N) is 6. The van der Waals surface area contributed by atoms with E-state index in [-0.39, 0.29) is 70.6 Å². The van der Waals surface area contributed by atoms with Gasteiger partial charge in [0.1, 0.15) is 30.1 Å². The number of aldehydes is 1. The second-order valence-corrected chi connectivity index (χ2v) is 25.8. The van der Waals surface area contributed by atoms with Gasteiger partial charge in [-0.05, 0) is 65.6 Å². The number of hydrogen-bond donors (Lipinski definition) is 6. The number of piperazine rings is 2. The average Bonchev–Trinajstić information content (AvgIpc) is 2.05. The third-order valence-electron chi connectivity index (χ3n) is 17.9. The van der Waals surface area contributed by atoms with E-state index in [1.807, 2.05) is 64.1 Å². The van der Waals surface area contributed by atoms with Crippen molar-refractivity contribution in [3.63, 3.8) is 0 Å². The van der Waals surface area contributed by atoms with Gasteiger partial charge in [-0.25, -0.2) is 8.78 Å². The summed E-state index contributed by atoms with van der Waals surface area (Å²) in [7, 11) is 0. The first-order valence-electron chi connectivity index (χ1n) is 31.7. The highest BCUT2D eigenvalue weighted by Crippen LogP contribution is 2.42. The molecule has 90 heavy (non-hydrogen) atoms. The Labute approximate surface area is 526 Å². The molecule has 4 saturated heterocycles. The number of anilines is 2. The van der Waals surface area contributed by atoms with Crippen molar-refractivity contribution in [2.45, 2.75) is 116 Å². The van der Waals surface area contributed by atoms with Gasteiger partial charge >= 0.3 is 0 Å². The van der Waals surface area contributed by atoms with E-state index >= 15 is 0 Å². The van der Waals surface area contributed by atoms with E-state index in [0.29, 0.717) is 82.5 Å². The summed E-state index contributed by atoms with van der Waals surface area (Å²) in [6, 6.07) is 24.3. The molecule has 3 aromatic carbocycles. The molecule has 5 aromatic rings. The minimum atomic E-state index is -0.563. The van der Waals surface area contributed by atoms with Crippen molar-refractivity contribution >= 4 is 29.5 Å². The van der Waals surface area contributed by atoms with Crippen molar-refractivity contribution in [3.8, 4) is 0 Å².